The highest BCUT2D eigenvalue weighted by Gasteiger charge is 2.16. The number of benzene rings is 1. The topological polar surface area (TPSA) is 81.6 Å². The molecule has 1 aliphatic heterocycles. The first-order valence-corrected chi connectivity index (χ1v) is 8.70. The van der Waals surface area contributed by atoms with Gasteiger partial charge in [-0.2, -0.15) is 0 Å². The van der Waals surface area contributed by atoms with Crippen LogP contribution in [0.15, 0.2) is 42.9 Å². The van der Waals surface area contributed by atoms with Crippen LogP contribution in [0.2, 0.25) is 0 Å². The van der Waals surface area contributed by atoms with Crippen LogP contribution in [0.5, 0.6) is 5.75 Å². The van der Waals surface area contributed by atoms with Gasteiger partial charge in [0.1, 0.15) is 30.3 Å². The molecule has 0 unspecified atom stereocenters. The number of ether oxygens (including phenoxy) is 3. The minimum atomic E-state index is -0.283. The molecular weight excluding hydrogens is 346 g/mol. The summed E-state index contributed by atoms with van der Waals surface area (Å²) in [6.45, 7) is 1.62. The van der Waals surface area contributed by atoms with E-state index >= 15 is 0 Å². The first kappa shape index (κ1) is 17.4. The summed E-state index contributed by atoms with van der Waals surface area (Å²) in [4.78, 5) is 15.0. The minimum Gasteiger partial charge on any atom is -0.488 e. The fourth-order valence-electron chi connectivity index (χ4n) is 2.73. The van der Waals surface area contributed by atoms with Crippen molar-refractivity contribution in [2.75, 3.05) is 44.1 Å². The van der Waals surface area contributed by atoms with Crippen LogP contribution in [0.1, 0.15) is 0 Å². The van der Waals surface area contributed by atoms with Crippen LogP contribution in [0.3, 0.4) is 0 Å². The summed E-state index contributed by atoms with van der Waals surface area (Å²) in [6.07, 6.45) is 3.00. The Morgan fingerprint density at radius 1 is 1.11 bits per heavy atom. The van der Waals surface area contributed by atoms with Crippen molar-refractivity contribution < 1.29 is 14.2 Å². The van der Waals surface area contributed by atoms with E-state index in [0.717, 1.165) is 34.0 Å². The standard InChI is InChI=1S/C19H21N5O3/c1-24(2)17-9-15-16(10-20-17)21-12-22-19(15)23-13-3-5-14(6-4-13)27-11-18-25-7-8-26-18/h3-6,9-10,12,18H,7-8,11H2,1-2H3,(H,21,22,23). The first-order valence-electron chi connectivity index (χ1n) is 8.70. The Kier molecular flexibility index (Phi) is 4.99. The van der Waals surface area contributed by atoms with E-state index < -0.39 is 0 Å². The Balaban J connectivity index is 1.49. The Bertz CT molecular complexity index is 911. The van der Waals surface area contributed by atoms with Gasteiger partial charge < -0.3 is 24.4 Å². The molecule has 0 bridgehead atoms. The second-order valence-electron chi connectivity index (χ2n) is 6.31. The van der Waals surface area contributed by atoms with Gasteiger partial charge in [-0.25, -0.2) is 15.0 Å². The first-order chi connectivity index (χ1) is 13.2. The third-order valence-electron chi connectivity index (χ3n) is 4.16. The van der Waals surface area contributed by atoms with Crippen molar-refractivity contribution in [2.24, 2.45) is 0 Å². The fraction of sp³-hybridized carbons (Fsp3) is 0.316. The lowest BCUT2D eigenvalue weighted by Gasteiger charge is -2.14. The minimum absolute atomic E-state index is 0.283. The van der Waals surface area contributed by atoms with Gasteiger partial charge in [0.05, 0.1) is 24.9 Å². The van der Waals surface area contributed by atoms with E-state index in [1.807, 2.05) is 49.3 Å². The molecule has 2 aromatic heterocycles. The zero-order valence-electron chi connectivity index (χ0n) is 15.3. The van der Waals surface area contributed by atoms with E-state index in [-0.39, 0.29) is 6.29 Å². The van der Waals surface area contributed by atoms with Crippen LogP contribution >= 0.6 is 0 Å². The summed E-state index contributed by atoms with van der Waals surface area (Å²) in [5.74, 6) is 2.33. The van der Waals surface area contributed by atoms with Crippen molar-refractivity contribution in [2.45, 2.75) is 6.29 Å². The van der Waals surface area contributed by atoms with E-state index in [2.05, 4.69) is 20.3 Å². The number of hydrogen-bond donors (Lipinski definition) is 1. The van der Waals surface area contributed by atoms with Crippen molar-refractivity contribution in [3.05, 3.63) is 42.9 Å². The lowest BCUT2D eigenvalue weighted by atomic mass is 10.2. The van der Waals surface area contributed by atoms with Gasteiger partial charge in [-0.3, -0.25) is 0 Å². The number of anilines is 3. The number of aromatic nitrogens is 3. The monoisotopic (exact) mass is 367 g/mol. The van der Waals surface area contributed by atoms with Crippen LogP contribution in [0.25, 0.3) is 10.9 Å². The maximum atomic E-state index is 5.69. The molecule has 0 spiro atoms. The zero-order chi connectivity index (χ0) is 18.6. The maximum Gasteiger partial charge on any atom is 0.191 e. The summed E-state index contributed by atoms with van der Waals surface area (Å²) >= 11 is 0. The molecular formula is C19H21N5O3. The molecule has 8 heteroatoms. The molecule has 4 rings (SSSR count). The average Bonchev–Trinajstić information content (AvgIpc) is 3.21. The van der Waals surface area contributed by atoms with E-state index in [1.54, 1.807) is 6.20 Å². The van der Waals surface area contributed by atoms with Crippen molar-refractivity contribution in [3.63, 3.8) is 0 Å². The molecule has 1 N–H and O–H groups in total. The van der Waals surface area contributed by atoms with Crippen LogP contribution in [-0.4, -0.2) is 55.2 Å². The van der Waals surface area contributed by atoms with Gasteiger partial charge in [0.15, 0.2) is 6.29 Å². The maximum absolute atomic E-state index is 5.69. The normalized spacial score (nSPS) is 14.4. The number of pyridine rings is 1. The molecule has 3 heterocycles. The molecule has 27 heavy (non-hydrogen) atoms. The van der Waals surface area contributed by atoms with E-state index in [1.165, 1.54) is 6.33 Å². The number of nitrogens with zero attached hydrogens (tertiary/aromatic N) is 4. The smallest absolute Gasteiger partial charge is 0.191 e. The van der Waals surface area contributed by atoms with Crippen LogP contribution in [0, 0.1) is 0 Å². The lowest BCUT2D eigenvalue weighted by Crippen LogP contribution is -2.18. The number of nitrogens with one attached hydrogen (secondary N) is 1. The summed E-state index contributed by atoms with van der Waals surface area (Å²) in [6, 6.07) is 9.64. The van der Waals surface area contributed by atoms with Crippen LogP contribution in [0.4, 0.5) is 17.3 Å². The van der Waals surface area contributed by atoms with Crippen molar-refractivity contribution in [1.29, 1.82) is 0 Å². The van der Waals surface area contributed by atoms with E-state index in [4.69, 9.17) is 14.2 Å². The van der Waals surface area contributed by atoms with Gasteiger partial charge in [0.25, 0.3) is 0 Å². The zero-order valence-corrected chi connectivity index (χ0v) is 15.3. The van der Waals surface area contributed by atoms with Gasteiger partial charge in [0, 0.05) is 25.2 Å². The molecule has 1 fully saturated rings. The molecule has 1 saturated heterocycles. The van der Waals surface area contributed by atoms with Gasteiger partial charge in [-0.15, -0.1) is 0 Å². The van der Waals surface area contributed by atoms with Crippen LogP contribution in [-0.2, 0) is 9.47 Å². The lowest BCUT2D eigenvalue weighted by molar-refractivity contribution is -0.0684. The molecule has 8 nitrogen and oxygen atoms in total. The molecule has 0 atom stereocenters. The second kappa shape index (κ2) is 7.73. The summed E-state index contributed by atoms with van der Waals surface area (Å²) in [5.41, 5.74) is 1.69. The SMILES string of the molecule is CN(C)c1cc2c(Nc3ccc(OCC4OCCO4)cc3)ncnc2cn1. The molecule has 0 radical (unpaired) electrons. The third kappa shape index (κ3) is 4.07. The van der Waals surface area contributed by atoms with Gasteiger partial charge in [-0.1, -0.05) is 0 Å². The predicted molar refractivity (Wildman–Crippen MR) is 103 cm³/mol. The number of fused-ring (bicyclic) bond motifs is 1. The Labute approximate surface area is 157 Å². The number of rotatable bonds is 6. The average molecular weight is 367 g/mol. The van der Waals surface area contributed by atoms with E-state index in [0.29, 0.717) is 19.8 Å². The Morgan fingerprint density at radius 3 is 2.63 bits per heavy atom. The largest absolute Gasteiger partial charge is 0.488 e. The van der Waals surface area contributed by atoms with Crippen molar-refractivity contribution in [1.82, 2.24) is 15.0 Å². The molecule has 3 aromatic rings. The van der Waals surface area contributed by atoms with Crippen molar-refractivity contribution in [3.8, 4) is 5.75 Å². The molecule has 0 saturated carbocycles. The molecule has 1 aromatic carbocycles. The third-order valence-corrected chi connectivity index (χ3v) is 4.16. The number of hydrogen-bond acceptors (Lipinski definition) is 8. The molecule has 140 valence electrons. The Hall–Kier alpha value is -2.97. The van der Waals surface area contributed by atoms with Gasteiger partial charge in [0.2, 0.25) is 0 Å². The summed E-state index contributed by atoms with van der Waals surface area (Å²) < 4.78 is 16.4. The second-order valence-corrected chi connectivity index (χ2v) is 6.31. The molecule has 0 amide bonds. The highest BCUT2D eigenvalue weighted by molar-refractivity contribution is 5.91. The van der Waals surface area contributed by atoms with E-state index in [9.17, 15) is 0 Å². The van der Waals surface area contributed by atoms with Gasteiger partial charge >= 0.3 is 0 Å². The summed E-state index contributed by atoms with van der Waals surface area (Å²) in [5, 5.41) is 4.24. The quantitative estimate of drug-likeness (QED) is 0.712. The predicted octanol–water partition coefficient (Wildman–Crippen LogP) is 2.59. The summed E-state index contributed by atoms with van der Waals surface area (Å²) in [7, 11) is 3.90. The van der Waals surface area contributed by atoms with Crippen LogP contribution < -0.4 is 15.0 Å². The molecule has 1 aliphatic rings. The fourth-order valence-corrected chi connectivity index (χ4v) is 2.73. The highest BCUT2D eigenvalue weighted by atomic mass is 16.7. The van der Waals surface area contributed by atoms with Crippen molar-refractivity contribution >= 4 is 28.2 Å². The van der Waals surface area contributed by atoms with Gasteiger partial charge in [-0.05, 0) is 30.3 Å². The highest BCUT2D eigenvalue weighted by Crippen LogP contribution is 2.26. The molecule has 0 aliphatic carbocycles. The Morgan fingerprint density at radius 2 is 1.89 bits per heavy atom.